The monoisotopic (exact) mass is 363 g/mol. The van der Waals surface area contributed by atoms with E-state index in [4.69, 9.17) is 4.74 Å². The van der Waals surface area contributed by atoms with E-state index in [1.807, 2.05) is 18.2 Å². The van der Waals surface area contributed by atoms with Gasteiger partial charge in [-0.05, 0) is 47.0 Å². The quantitative estimate of drug-likeness (QED) is 0.763. The van der Waals surface area contributed by atoms with Crippen molar-refractivity contribution in [3.8, 4) is 5.75 Å². The van der Waals surface area contributed by atoms with Gasteiger partial charge in [0.2, 0.25) is 0 Å². The van der Waals surface area contributed by atoms with Crippen LogP contribution >= 0.6 is 31.9 Å². The molecule has 0 fully saturated rings. The Morgan fingerprint density at radius 2 is 1.94 bits per heavy atom. The summed E-state index contributed by atoms with van der Waals surface area (Å²) in [5.74, 6) is 1.53. The van der Waals surface area contributed by atoms with Gasteiger partial charge in [0.05, 0.1) is 4.47 Å². The highest BCUT2D eigenvalue weighted by Gasteiger charge is 2.06. The number of benzene rings is 1. The molecule has 0 aliphatic heterocycles. The standard InChI is InChI=1S/C13H19Br2NO/c1-9(2)10(3)16-6-7-17-13-5-4-11(14)8-12(13)15/h4-5,8-10,16H,6-7H2,1-3H3. The van der Waals surface area contributed by atoms with Crippen molar-refractivity contribution >= 4 is 31.9 Å². The largest absolute Gasteiger partial charge is 0.491 e. The predicted octanol–water partition coefficient (Wildman–Crippen LogP) is 4.22. The summed E-state index contributed by atoms with van der Waals surface area (Å²) < 4.78 is 7.71. The first kappa shape index (κ1) is 15.0. The number of ether oxygens (including phenoxy) is 1. The van der Waals surface area contributed by atoms with E-state index in [0.29, 0.717) is 18.6 Å². The number of hydrogen-bond donors (Lipinski definition) is 1. The lowest BCUT2D eigenvalue weighted by Crippen LogP contribution is -2.33. The zero-order valence-electron chi connectivity index (χ0n) is 10.5. The highest BCUT2D eigenvalue weighted by Crippen LogP contribution is 2.27. The molecule has 2 nitrogen and oxygen atoms in total. The molecule has 0 heterocycles. The van der Waals surface area contributed by atoms with Gasteiger partial charge in [0.15, 0.2) is 0 Å². The third-order valence-electron chi connectivity index (χ3n) is 2.72. The fourth-order valence-electron chi connectivity index (χ4n) is 1.28. The van der Waals surface area contributed by atoms with Crippen LogP contribution in [0, 0.1) is 5.92 Å². The summed E-state index contributed by atoms with van der Waals surface area (Å²) in [6, 6.07) is 6.44. The smallest absolute Gasteiger partial charge is 0.133 e. The van der Waals surface area contributed by atoms with Crippen molar-refractivity contribution in [1.82, 2.24) is 5.32 Å². The Morgan fingerprint density at radius 1 is 1.24 bits per heavy atom. The Hall–Kier alpha value is -0.0600. The van der Waals surface area contributed by atoms with E-state index in [1.54, 1.807) is 0 Å². The van der Waals surface area contributed by atoms with Crippen LogP contribution in [0.1, 0.15) is 20.8 Å². The minimum Gasteiger partial charge on any atom is -0.491 e. The summed E-state index contributed by atoms with van der Waals surface area (Å²) in [6.45, 7) is 8.16. The van der Waals surface area contributed by atoms with Crippen LogP contribution < -0.4 is 10.1 Å². The van der Waals surface area contributed by atoms with Crippen molar-refractivity contribution in [3.05, 3.63) is 27.1 Å². The molecule has 0 spiro atoms. The van der Waals surface area contributed by atoms with Crippen LogP contribution in [-0.2, 0) is 0 Å². The Labute approximate surface area is 120 Å². The summed E-state index contributed by atoms with van der Waals surface area (Å²) in [4.78, 5) is 0. The fraction of sp³-hybridized carbons (Fsp3) is 0.538. The second-order valence-corrected chi connectivity index (χ2v) is 6.18. The third kappa shape index (κ3) is 5.40. The number of nitrogens with one attached hydrogen (secondary N) is 1. The molecule has 4 heteroatoms. The lowest BCUT2D eigenvalue weighted by atomic mass is 10.1. The van der Waals surface area contributed by atoms with Crippen molar-refractivity contribution in [2.45, 2.75) is 26.8 Å². The van der Waals surface area contributed by atoms with Gasteiger partial charge in [-0.2, -0.15) is 0 Å². The third-order valence-corrected chi connectivity index (χ3v) is 3.83. The van der Waals surface area contributed by atoms with Crippen LogP contribution in [0.3, 0.4) is 0 Å². The first-order valence-corrected chi connectivity index (χ1v) is 7.40. The second-order valence-electron chi connectivity index (χ2n) is 4.41. The van der Waals surface area contributed by atoms with Gasteiger partial charge in [-0.3, -0.25) is 0 Å². The molecule has 0 saturated heterocycles. The molecule has 0 aromatic heterocycles. The van der Waals surface area contributed by atoms with Gasteiger partial charge >= 0.3 is 0 Å². The van der Waals surface area contributed by atoms with Gasteiger partial charge in [-0.25, -0.2) is 0 Å². The van der Waals surface area contributed by atoms with Crippen LogP contribution in [0.5, 0.6) is 5.75 Å². The highest BCUT2D eigenvalue weighted by molar-refractivity contribution is 9.11. The SMILES string of the molecule is CC(C)C(C)NCCOc1ccc(Br)cc1Br. The molecule has 0 bridgehead atoms. The Kier molecular flexibility index (Phi) is 6.52. The zero-order chi connectivity index (χ0) is 12.8. The van der Waals surface area contributed by atoms with E-state index < -0.39 is 0 Å². The first-order valence-electron chi connectivity index (χ1n) is 5.82. The summed E-state index contributed by atoms with van der Waals surface area (Å²) >= 11 is 6.89. The van der Waals surface area contributed by atoms with Gasteiger partial charge in [0, 0.05) is 17.1 Å². The maximum absolute atomic E-state index is 5.69. The lowest BCUT2D eigenvalue weighted by molar-refractivity contribution is 0.295. The molecule has 96 valence electrons. The lowest BCUT2D eigenvalue weighted by Gasteiger charge is -2.17. The molecule has 17 heavy (non-hydrogen) atoms. The summed E-state index contributed by atoms with van der Waals surface area (Å²) in [5.41, 5.74) is 0. The van der Waals surface area contributed by atoms with Gasteiger partial charge in [0.1, 0.15) is 12.4 Å². The van der Waals surface area contributed by atoms with Crippen LogP contribution in [0.4, 0.5) is 0 Å². The maximum atomic E-state index is 5.69. The summed E-state index contributed by atoms with van der Waals surface area (Å²) in [7, 11) is 0. The zero-order valence-corrected chi connectivity index (χ0v) is 13.6. The van der Waals surface area contributed by atoms with Crippen molar-refractivity contribution in [2.24, 2.45) is 5.92 Å². The molecule has 1 atom stereocenters. The first-order chi connectivity index (χ1) is 8.00. The molecule has 0 aliphatic carbocycles. The second kappa shape index (κ2) is 7.39. The van der Waals surface area contributed by atoms with Gasteiger partial charge in [-0.1, -0.05) is 29.8 Å². The molecule has 1 aromatic carbocycles. The average Bonchev–Trinajstić information content (AvgIpc) is 2.26. The fourth-order valence-corrected chi connectivity index (χ4v) is 2.44. The van der Waals surface area contributed by atoms with E-state index in [0.717, 1.165) is 21.2 Å². The Balaban J connectivity index is 2.31. The van der Waals surface area contributed by atoms with Crippen molar-refractivity contribution in [3.63, 3.8) is 0 Å². The maximum Gasteiger partial charge on any atom is 0.133 e. The van der Waals surface area contributed by atoms with Crippen LogP contribution in [0.2, 0.25) is 0 Å². The minimum atomic E-state index is 0.520. The molecule has 1 rings (SSSR count). The topological polar surface area (TPSA) is 21.3 Å². The average molecular weight is 365 g/mol. The molecule has 1 N–H and O–H groups in total. The van der Waals surface area contributed by atoms with Crippen LogP contribution in [0.15, 0.2) is 27.1 Å². The molecule has 0 radical (unpaired) electrons. The van der Waals surface area contributed by atoms with Crippen LogP contribution in [0.25, 0.3) is 0 Å². The molecule has 0 saturated carbocycles. The summed E-state index contributed by atoms with van der Waals surface area (Å²) in [5, 5.41) is 3.43. The normalized spacial score (nSPS) is 12.8. The van der Waals surface area contributed by atoms with Crippen molar-refractivity contribution in [2.75, 3.05) is 13.2 Å². The van der Waals surface area contributed by atoms with Gasteiger partial charge in [-0.15, -0.1) is 0 Å². The molecule has 0 amide bonds. The summed E-state index contributed by atoms with van der Waals surface area (Å²) in [6.07, 6.45) is 0. The molecular formula is C13H19Br2NO. The molecular weight excluding hydrogens is 346 g/mol. The number of halogens is 2. The number of rotatable bonds is 6. The van der Waals surface area contributed by atoms with Gasteiger partial charge in [0.25, 0.3) is 0 Å². The van der Waals surface area contributed by atoms with Crippen molar-refractivity contribution < 1.29 is 4.74 Å². The van der Waals surface area contributed by atoms with E-state index >= 15 is 0 Å². The van der Waals surface area contributed by atoms with E-state index in [2.05, 4.69) is 57.9 Å². The Morgan fingerprint density at radius 3 is 2.53 bits per heavy atom. The highest BCUT2D eigenvalue weighted by atomic mass is 79.9. The number of hydrogen-bond acceptors (Lipinski definition) is 2. The van der Waals surface area contributed by atoms with Crippen molar-refractivity contribution in [1.29, 1.82) is 0 Å². The molecule has 0 aliphatic rings. The molecule has 1 aromatic rings. The molecule has 1 unspecified atom stereocenters. The Bertz CT molecular complexity index is 355. The van der Waals surface area contributed by atoms with E-state index in [9.17, 15) is 0 Å². The van der Waals surface area contributed by atoms with E-state index in [1.165, 1.54) is 0 Å². The van der Waals surface area contributed by atoms with Gasteiger partial charge < -0.3 is 10.1 Å². The van der Waals surface area contributed by atoms with E-state index in [-0.39, 0.29) is 0 Å². The minimum absolute atomic E-state index is 0.520. The van der Waals surface area contributed by atoms with Crippen LogP contribution in [-0.4, -0.2) is 19.2 Å². The predicted molar refractivity (Wildman–Crippen MR) is 79.6 cm³/mol.